The van der Waals surface area contributed by atoms with Crippen LogP contribution >= 0.6 is 0 Å². The molecule has 1 unspecified atom stereocenters. The van der Waals surface area contributed by atoms with E-state index in [0.29, 0.717) is 13.0 Å². The monoisotopic (exact) mass is 161 g/mol. The summed E-state index contributed by atoms with van der Waals surface area (Å²) in [6, 6.07) is 0. The van der Waals surface area contributed by atoms with Gasteiger partial charge < -0.3 is 15.6 Å². The van der Waals surface area contributed by atoms with Gasteiger partial charge in [0, 0.05) is 20.3 Å². The molecule has 0 aromatic carbocycles. The standard InChI is InChI=1S/C7H15NO3/c1-11-4-2-3-6(5-8)7(9)10/h6H,2-5,8H2,1H3,(H,9,10). The number of hydrogen-bond acceptors (Lipinski definition) is 3. The van der Waals surface area contributed by atoms with Crippen LogP contribution in [0.3, 0.4) is 0 Å². The molecule has 0 bridgehead atoms. The van der Waals surface area contributed by atoms with Crippen molar-refractivity contribution in [3.63, 3.8) is 0 Å². The second kappa shape index (κ2) is 6.12. The number of hydrogen-bond donors (Lipinski definition) is 2. The zero-order valence-electron chi connectivity index (χ0n) is 6.75. The fourth-order valence-corrected chi connectivity index (χ4v) is 0.816. The van der Waals surface area contributed by atoms with Gasteiger partial charge in [-0.05, 0) is 12.8 Å². The Morgan fingerprint density at radius 3 is 2.73 bits per heavy atom. The van der Waals surface area contributed by atoms with E-state index in [0.717, 1.165) is 6.42 Å². The second-order valence-corrected chi connectivity index (χ2v) is 2.41. The smallest absolute Gasteiger partial charge is 0.307 e. The SMILES string of the molecule is COCCCC(CN)C(=O)O. The van der Waals surface area contributed by atoms with E-state index in [1.165, 1.54) is 0 Å². The zero-order valence-corrected chi connectivity index (χ0v) is 6.75. The van der Waals surface area contributed by atoms with E-state index in [2.05, 4.69) is 0 Å². The van der Waals surface area contributed by atoms with E-state index in [1.54, 1.807) is 7.11 Å². The molecule has 66 valence electrons. The predicted molar refractivity (Wildman–Crippen MR) is 41.3 cm³/mol. The number of methoxy groups -OCH3 is 1. The van der Waals surface area contributed by atoms with Crippen LogP contribution in [0.1, 0.15) is 12.8 Å². The van der Waals surface area contributed by atoms with Gasteiger partial charge in [0.2, 0.25) is 0 Å². The van der Waals surface area contributed by atoms with Gasteiger partial charge in [-0.25, -0.2) is 0 Å². The minimum Gasteiger partial charge on any atom is -0.481 e. The normalized spacial score (nSPS) is 12.9. The summed E-state index contributed by atoms with van der Waals surface area (Å²) >= 11 is 0. The minimum atomic E-state index is -0.816. The summed E-state index contributed by atoms with van der Waals surface area (Å²) < 4.78 is 4.78. The highest BCUT2D eigenvalue weighted by molar-refractivity contribution is 5.70. The molecule has 0 aliphatic rings. The second-order valence-electron chi connectivity index (χ2n) is 2.41. The predicted octanol–water partition coefficient (Wildman–Crippen LogP) is 0.0725. The lowest BCUT2D eigenvalue weighted by Gasteiger charge is -2.07. The van der Waals surface area contributed by atoms with Crippen LogP contribution in [0.4, 0.5) is 0 Å². The van der Waals surface area contributed by atoms with Crippen LogP contribution in [0.5, 0.6) is 0 Å². The van der Waals surface area contributed by atoms with Crippen molar-refractivity contribution in [1.82, 2.24) is 0 Å². The molecule has 0 amide bonds. The Kier molecular flexibility index (Phi) is 5.78. The third kappa shape index (κ3) is 4.75. The Hall–Kier alpha value is -0.610. The van der Waals surface area contributed by atoms with Crippen molar-refractivity contribution in [2.75, 3.05) is 20.3 Å². The van der Waals surface area contributed by atoms with Gasteiger partial charge >= 0.3 is 5.97 Å². The summed E-state index contributed by atoms with van der Waals surface area (Å²) in [6.45, 7) is 0.808. The molecule has 11 heavy (non-hydrogen) atoms. The molecule has 0 radical (unpaired) electrons. The van der Waals surface area contributed by atoms with E-state index < -0.39 is 11.9 Å². The van der Waals surface area contributed by atoms with Crippen LogP contribution in [0.15, 0.2) is 0 Å². The van der Waals surface area contributed by atoms with Gasteiger partial charge in [0.15, 0.2) is 0 Å². The topological polar surface area (TPSA) is 72.5 Å². The summed E-state index contributed by atoms with van der Waals surface area (Å²) in [7, 11) is 1.60. The summed E-state index contributed by atoms with van der Waals surface area (Å²) in [5.41, 5.74) is 5.23. The molecule has 0 aliphatic heterocycles. The average Bonchev–Trinajstić information content (AvgIpc) is 1.97. The molecule has 0 fully saturated rings. The lowest BCUT2D eigenvalue weighted by atomic mass is 10.0. The van der Waals surface area contributed by atoms with Crippen LogP contribution in [0.2, 0.25) is 0 Å². The molecule has 0 aromatic rings. The van der Waals surface area contributed by atoms with Crippen molar-refractivity contribution in [2.24, 2.45) is 11.7 Å². The zero-order chi connectivity index (χ0) is 8.69. The highest BCUT2D eigenvalue weighted by Gasteiger charge is 2.13. The molecule has 0 saturated carbocycles. The van der Waals surface area contributed by atoms with Gasteiger partial charge in [0.25, 0.3) is 0 Å². The first-order chi connectivity index (χ1) is 5.22. The average molecular weight is 161 g/mol. The van der Waals surface area contributed by atoms with Gasteiger partial charge in [-0.3, -0.25) is 4.79 Å². The fourth-order valence-electron chi connectivity index (χ4n) is 0.816. The lowest BCUT2D eigenvalue weighted by Crippen LogP contribution is -2.23. The maximum Gasteiger partial charge on any atom is 0.307 e. The highest BCUT2D eigenvalue weighted by Crippen LogP contribution is 2.04. The van der Waals surface area contributed by atoms with E-state index in [-0.39, 0.29) is 6.54 Å². The Morgan fingerprint density at radius 2 is 2.36 bits per heavy atom. The molecular weight excluding hydrogens is 146 g/mol. The van der Waals surface area contributed by atoms with E-state index in [4.69, 9.17) is 15.6 Å². The number of nitrogens with two attached hydrogens (primary N) is 1. The Balaban J connectivity index is 3.44. The summed E-state index contributed by atoms with van der Waals surface area (Å²) in [4.78, 5) is 10.4. The van der Waals surface area contributed by atoms with Crippen LogP contribution < -0.4 is 5.73 Å². The largest absolute Gasteiger partial charge is 0.481 e. The molecular formula is C7H15NO3. The number of ether oxygens (including phenoxy) is 1. The lowest BCUT2D eigenvalue weighted by molar-refractivity contribution is -0.141. The number of carbonyl (C=O) groups is 1. The Bertz CT molecular complexity index is 116. The first-order valence-electron chi connectivity index (χ1n) is 3.64. The molecule has 0 spiro atoms. The van der Waals surface area contributed by atoms with Crippen molar-refractivity contribution < 1.29 is 14.6 Å². The summed E-state index contributed by atoms with van der Waals surface area (Å²) in [6.07, 6.45) is 1.35. The summed E-state index contributed by atoms with van der Waals surface area (Å²) in [5.74, 6) is -1.23. The Morgan fingerprint density at radius 1 is 1.73 bits per heavy atom. The highest BCUT2D eigenvalue weighted by atomic mass is 16.5. The third-order valence-corrected chi connectivity index (χ3v) is 1.53. The Labute approximate surface area is 66.3 Å². The van der Waals surface area contributed by atoms with Crippen LogP contribution in [-0.2, 0) is 9.53 Å². The first-order valence-corrected chi connectivity index (χ1v) is 3.64. The van der Waals surface area contributed by atoms with Crippen LogP contribution in [0.25, 0.3) is 0 Å². The van der Waals surface area contributed by atoms with Gasteiger partial charge in [0.1, 0.15) is 0 Å². The van der Waals surface area contributed by atoms with Crippen molar-refractivity contribution in [3.05, 3.63) is 0 Å². The van der Waals surface area contributed by atoms with E-state index in [9.17, 15) is 4.79 Å². The van der Waals surface area contributed by atoms with Gasteiger partial charge in [-0.1, -0.05) is 0 Å². The molecule has 4 heteroatoms. The first kappa shape index (κ1) is 10.4. The van der Waals surface area contributed by atoms with Gasteiger partial charge in [-0.15, -0.1) is 0 Å². The molecule has 0 aromatic heterocycles. The fraction of sp³-hybridized carbons (Fsp3) is 0.857. The molecule has 0 saturated heterocycles. The molecule has 4 nitrogen and oxygen atoms in total. The van der Waals surface area contributed by atoms with Gasteiger partial charge in [-0.2, -0.15) is 0 Å². The molecule has 1 atom stereocenters. The minimum absolute atomic E-state index is 0.207. The van der Waals surface area contributed by atoms with Crippen molar-refractivity contribution in [3.8, 4) is 0 Å². The van der Waals surface area contributed by atoms with Crippen molar-refractivity contribution in [1.29, 1.82) is 0 Å². The molecule has 0 rings (SSSR count). The molecule has 3 N–H and O–H groups in total. The van der Waals surface area contributed by atoms with E-state index in [1.807, 2.05) is 0 Å². The number of aliphatic carboxylic acids is 1. The number of rotatable bonds is 6. The number of carboxylic acids is 1. The molecule has 0 heterocycles. The van der Waals surface area contributed by atoms with Crippen LogP contribution in [0, 0.1) is 5.92 Å². The number of carboxylic acid groups (broad SMARTS) is 1. The maximum atomic E-state index is 10.4. The van der Waals surface area contributed by atoms with Gasteiger partial charge in [0.05, 0.1) is 5.92 Å². The molecule has 0 aliphatic carbocycles. The maximum absolute atomic E-state index is 10.4. The summed E-state index contributed by atoms with van der Waals surface area (Å²) in [5, 5.41) is 8.55. The van der Waals surface area contributed by atoms with Crippen LogP contribution in [-0.4, -0.2) is 31.3 Å². The van der Waals surface area contributed by atoms with Crippen molar-refractivity contribution >= 4 is 5.97 Å². The third-order valence-electron chi connectivity index (χ3n) is 1.53. The van der Waals surface area contributed by atoms with E-state index >= 15 is 0 Å². The quantitative estimate of drug-likeness (QED) is 0.541. The van der Waals surface area contributed by atoms with Crippen molar-refractivity contribution in [2.45, 2.75) is 12.8 Å².